The van der Waals surface area contributed by atoms with Crippen molar-refractivity contribution in [1.29, 1.82) is 0 Å². The Bertz CT molecular complexity index is 924. The molecule has 6 nitrogen and oxygen atoms in total. The van der Waals surface area contributed by atoms with E-state index in [9.17, 15) is 10.1 Å². The fraction of sp³-hybridized carbons (Fsp3) is 0.316. The number of nitrogens with two attached hydrogens (primary N) is 1. The zero-order valence-corrected chi connectivity index (χ0v) is 14.5. The van der Waals surface area contributed by atoms with Crippen molar-refractivity contribution >= 4 is 33.2 Å². The number of aromatic nitrogens is 1. The molecule has 6 heteroatoms. The van der Waals surface area contributed by atoms with Crippen LogP contribution in [0, 0.1) is 10.1 Å². The third-order valence-electron chi connectivity index (χ3n) is 4.37. The summed E-state index contributed by atoms with van der Waals surface area (Å²) in [4.78, 5) is 18.2. The number of hydrogen-bond donors (Lipinski definition) is 1. The Kier molecular flexibility index (Phi) is 4.81. The Morgan fingerprint density at radius 1 is 1.16 bits per heavy atom. The van der Waals surface area contributed by atoms with E-state index in [0.717, 1.165) is 29.6 Å². The SMILES string of the molecule is CC(C)N(CCCN)c1c2ccccc2nc2cccc([N+](=O)[O-])c12. The van der Waals surface area contributed by atoms with E-state index in [1.165, 1.54) is 0 Å². The van der Waals surface area contributed by atoms with Crippen LogP contribution in [0.3, 0.4) is 0 Å². The average molecular weight is 338 g/mol. The lowest BCUT2D eigenvalue weighted by molar-refractivity contribution is -0.383. The van der Waals surface area contributed by atoms with Gasteiger partial charge >= 0.3 is 0 Å². The molecule has 0 radical (unpaired) electrons. The smallest absolute Gasteiger partial charge is 0.280 e. The van der Waals surface area contributed by atoms with Gasteiger partial charge < -0.3 is 10.6 Å². The highest BCUT2D eigenvalue weighted by Gasteiger charge is 2.23. The van der Waals surface area contributed by atoms with E-state index in [4.69, 9.17) is 5.73 Å². The summed E-state index contributed by atoms with van der Waals surface area (Å²) in [5.74, 6) is 0. The molecule has 0 spiro atoms. The number of fused-ring (bicyclic) bond motifs is 2. The Morgan fingerprint density at radius 2 is 1.88 bits per heavy atom. The van der Waals surface area contributed by atoms with Crippen LogP contribution in [0.1, 0.15) is 20.3 Å². The molecule has 3 rings (SSSR count). The van der Waals surface area contributed by atoms with Gasteiger partial charge in [0.2, 0.25) is 0 Å². The molecule has 25 heavy (non-hydrogen) atoms. The Hall–Kier alpha value is -2.73. The normalized spacial score (nSPS) is 11.4. The minimum atomic E-state index is -0.330. The second-order valence-electron chi connectivity index (χ2n) is 6.34. The third kappa shape index (κ3) is 3.13. The van der Waals surface area contributed by atoms with Gasteiger partial charge in [-0.05, 0) is 38.9 Å². The number of benzene rings is 2. The number of non-ortho nitro benzene ring substituents is 1. The zero-order chi connectivity index (χ0) is 18.0. The summed E-state index contributed by atoms with van der Waals surface area (Å²) in [6.45, 7) is 5.49. The van der Waals surface area contributed by atoms with E-state index in [1.54, 1.807) is 12.1 Å². The maximum Gasteiger partial charge on any atom is 0.280 e. The maximum atomic E-state index is 11.6. The van der Waals surface area contributed by atoms with Crippen LogP contribution in [0.2, 0.25) is 0 Å². The van der Waals surface area contributed by atoms with Crippen LogP contribution in [0.15, 0.2) is 42.5 Å². The molecular formula is C19H22N4O2. The van der Waals surface area contributed by atoms with E-state index >= 15 is 0 Å². The van der Waals surface area contributed by atoms with E-state index in [-0.39, 0.29) is 16.7 Å². The van der Waals surface area contributed by atoms with Gasteiger partial charge in [0.15, 0.2) is 0 Å². The summed E-state index contributed by atoms with van der Waals surface area (Å²) >= 11 is 0. The molecule has 130 valence electrons. The zero-order valence-electron chi connectivity index (χ0n) is 14.5. The Balaban J connectivity index is 2.43. The molecule has 0 bridgehead atoms. The lowest BCUT2D eigenvalue weighted by Gasteiger charge is -2.31. The number of nitro benzene ring substituents is 1. The highest BCUT2D eigenvalue weighted by molar-refractivity contribution is 6.11. The molecule has 0 aliphatic heterocycles. The second-order valence-corrected chi connectivity index (χ2v) is 6.34. The number of anilines is 1. The molecule has 3 aromatic rings. The Morgan fingerprint density at radius 3 is 2.56 bits per heavy atom. The van der Waals surface area contributed by atoms with Gasteiger partial charge in [0, 0.05) is 24.0 Å². The van der Waals surface area contributed by atoms with E-state index in [1.807, 2.05) is 30.3 Å². The minimum absolute atomic E-state index is 0.0872. The summed E-state index contributed by atoms with van der Waals surface area (Å²) < 4.78 is 0. The maximum absolute atomic E-state index is 11.6. The number of hydrogen-bond acceptors (Lipinski definition) is 5. The molecule has 0 fully saturated rings. The summed E-state index contributed by atoms with van der Waals surface area (Å²) in [5, 5.41) is 13.2. The van der Waals surface area contributed by atoms with Gasteiger partial charge in [-0.2, -0.15) is 0 Å². The fourth-order valence-corrected chi connectivity index (χ4v) is 3.24. The van der Waals surface area contributed by atoms with Crippen molar-refractivity contribution in [2.45, 2.75) is 26.3 Å². The van der Waals surface area contributed by atoms with E-state index < -0.39 is 0 Å². The average Bonchev–Trinajstić information content (AvgIpc) is 2.60. The van der Waals surface area contributed by atoms with Crippen molar-refractivity contribution in [2.24, 2.45) is 5.73 Å². The van der Waals surface area contributed by atoms with Crippen molar-refractivity contribution in [3.8, 4) is 0 Å². The molecule has 0 aliphatic carbocycles. The first-order valence-electron chi connectivity index (χ1n) is 8.47. The molecule has 0 amide bonds. The molecule has 1 heterocycles. The largest absolute Gasteiger partial charge is 0.368 e. The molecule has 1 aromatic heterocycles. The third-order valence-corrected chi connectivity index (χ3v) is 4.37. The van der Waals surface area contributed by atoms with Crippen molar-refractivity contribution in [2.75, 3.05) is 18.0 Å². The summed E-state index contributed by atoms with van der Waals surface area (Å²) in [5.41, 5.74) is 8.15. The highest BCUT2D eigenvalue weighted by Crippen LogP contribution is 2.39. The van der Waals surface area contributed by atoms with Gasteiger partial charge in [0.25, 0.3) is 5.69 Å². The Labute approximate surface area is 146 Å². The molecule has 2 aromatic carbocycles. The molecule has 2 N–H and O–H groups in total. The molecule has 0 aliphatic rings. The van der Waals surface area contributed by atoms with Crippen LogP contribution in [-0.4, -0.2) is 29.0 Å². The van der Waals surface area contributed by atoms with Gasteiger partial charge in [-0.15, -0.1) is 0 Å². The second kappa shape index (κ2) is 7.03. The molecule has 0 saturated carbocycles. The van der Waals surface area contributed by atoms with Gasteiger partial charge in [-0.25, -0.2) is 4.98 Å². The summed E-state index contributed by atoms with van der Waals surface area (Å²) in [6.07, 6.45) is 0.816. The number of nitrogens with zero attached hydrogens (tertiary/aromatic N) is 3. The van der Waals surface area contributed by atoms with Crippen LogP contribution in [0.25, 0.3) is 21.8 Å². The van der Waals surface area contributed by atoms with E-state index in [2.05, 4.69) is 23.7 Å². The standard InChI is InChI=1S/C19H22N4O2/c1-13(2)22(12-6-11-20)19-14-7-3-4-8-15(14)21-16-9-5-10-17(18(16)19)23(24)25/h3-5,7-10,13H,6,11-12,20H2,1-2H3. The molecule has 0 unspecified atom stereocenters. The van der Waals surface area contributed by atoms with Crippen LogP contribution >= 0.6 is 0 Å². The lowest BCUT2D eigenvalue weighted by atomic mass is 10.0. The van der Waals surface area contributed by atoms with Crippen molar-refractivity contribution < 1.29 is 4.92 Å². The van der Waals surface area contributed by atoms with Crippen molar-refractivity contribution in [3.05, 3.63) is 52.6 Å². The number of rotatable bonds is 6. The van der Waals surface area contributed by atoms with Crippen LogP contribution in [0.4, 0.5) is 11.4 Å². The van der Waals surface area contributed by atoms with Gasteiger partial charge in [-0.1, -0.05) is 24.3 Å². The quantitative estimate of drug-likeness (QED) is 0.419. The first-order valence-corrected chi connectivity index (χ1v) is 8.47. The number of nitro groups is 1. The fourth-order valence-electron chi connectivity index (χ4n) is 3.24. The molecule has 0 saturated heterocycles. The topological polar surface area (TPSA) is 85.3 Å². The molecule has 0 atom stereocenters. The summed E-state index contributed by atoms with van der Waals surface area (Å²) in [7, 11) is 0. The van der Waals surface area contributed by atoms with Gasteiger partial charge in [0.1, 0.15) is 5.39 Å². The number of pyridine rings is 1. The molecular weight excluding hydrogens is 316 g/mol. The van der Waals surface area contributed by atoms with Crippen molar-refractivity contribution in [1.82, 2.24) is 4.98 Å². The number of para-hydroxylation sites is 1. The monoisotopic (exact) mass is 338 g/mol. The predicted molar refractivity (Wildman–Crippen MR) is 102 cm³/mol. The van der Waals surface area contributed by atoms with Gasteiger partial charge in [0.05, 0.1) is 21.6 Å². The lowest BCUT2D eigenvalue weighted by Crippen LogP contribution is -2.33. The van der Waals surface area contributed by atoms with Crippen LogP contribution in [0.5, 0.6) is 0 Å². The summed E-state index contributed by atoms with van der Waals surface area (Å²) in [6, 6.07) is 13.0. The van der Waals surface area contributed by atoms with E-state index in [0.29, 0.717) is 17.4 Å². The predicted octanol–water partition coefficient (Wildman–Crippen LogP) is 3.86. The first-order chi connectivity index (χ1) is 12.0. The van der Waals surface area contributed by atoms with Crippen LogP contribution in [-0.2, 0) is 0 Å². The van der Waals surface area contributed by atoms with Crippen LogP contribution < -0.4 is 10.6 Å². The minimum Gasteiger partial charge on any atom is -0.368 e. The van der Waals surface area contributed by atoms with Crippen molar-refractivity contribution in [3.63, 3.8) is 0 Å². The van der Waals surface area contributed by atoms with Gasteiger partial charge in [-0.3, -0.25) is 10.1 Å². The first kappa shape index (κ1) is 17.1. The highest BCUT2D eigenvalue weighted by atomic mass is 16.6.